The third kappa shape index (κ3) is 5.97. The molecule has 3 aromatic rings. The summed E-state index contributed by atoms with van der Waals surface area (Å²) in [5.74, 6) is -0.687. The number of carbonyl (C=O) groups is 2. The number of ether oxygens (including phenoxy) is 1. The molecule has 0 spiro atoms. The van der Waals surface area contributed by atoms with Gasteiger partial charge in [-0.3, -0.25) is 14.6 Å². The van der Waals surface area contributed by atoms with Crippen molar-refractivity contribution in [1.82, 2.24) is 15.3 Å². The minimum absolute atomic E-state index is 0.152. The molecule has 3 N–H and O–H groups in total. The molecular formula is C22H19F3N4O4. The number of halogens is 3. The Balaban J connectivity index is 1.70. The highest BCUT2D eigenvalue weighted by molar-refractivity contribution is 5.93. The Hall–Kier alpha value is -4.15. The van der Waals surface area contributed by atoms with Crippen LogP contribution in [0.2, 0.25) is 0 Å². The summed E-state index contributed by atoms with van der Waals surface area (Å²) in [5.41, 5.74) is -0.173. The maximum atomic E-state index is 12.8. The van der Waals surface area contributed by atoms with Crippen molar-refractivity contribution in [2.24, 2.45) is 0 Å². The van der Waals surface area contributed by atoms with Gasteiger partial charge in [0.2, 0.25) is 5.91 Å². The molecule has 2 heterocycles. The van der Waals surface area contributed by atoms with E-state index in [9.17, 15) is 27.9 Å². The number of benzene rings is 1. The van der Waals surface area contributed by atoms with Gasteiger partial charge in [-0.25, -0.2) is 4.98 Å². The van der Waals surface area contributed by atoms with Crippen LogP contribution in [0.15, 0.2) is 48.8 Å². The molecule has 0 fully saturated rings. The van der Waals surface area contributed by atoms with E-state index >= 15 is 0 Å². The maximum absolute atomic E-state index is 12.8. The molecule has 0 radical (unpaired) electrons. The molecule has 0 unspecified atom stereocenters. The van der Waals surface area contributed by atoms with Crippen molar-refractivity contribution in [3.05, 3.63) is 71.3 Å². The van der Waals surface area contributed by atoms with Crippen LogP contribution in [0.3, 0.4) is 0 Å². The molecule has 0 atom stereocenters. The largest absolute Gasteiger partial charge is 0.504 e. The van der Waals surface area contributed by atoms with Gasteiger partial charge in [0.25, 0.3) is 5.91 Å². The third-order valence-corrected chi connectivity index (χ3v) is 4.47. The van der Waals surface area contributed by atoms with Crippen molar-refractivity contribution >= 4 is 17.5 Å². The van der Waals surface area contributed by atoms with Crippen molar-refractivity contribution in [3.63, 3.8) is 0 Å². The zero-order valence-electron chi connectivity index (χ0n) is 17.5. The summed E-state index contributed by atoms with van der Waals surface area (Å²) in [6.07, 6.45) is -2.80. The topological polar surface area (TPSA) is 113 Å². The molecule has 172 valence electrons. The third-order valence-electron chi connectivity index (χ3n) is 4.47. The van der Waals surface area contributed by atoms with Gasteiger partial charge in [-0.2, -0.15) is 13.2 Å². The van der Waals surface area contributed by atoms with Crippen molar-refractivity contribution < 1.29 is 32.6 Å². The Morgan fingerprint density at radius 1 is 1.12 bits per heavy atom. The van der Waals surface area contributed by atoms with Crippen molar-refractivity contribution in [2.45, 2.75) is 19.5 Å². The molecule has 8 nitrogen and oxygen atoms in total. The van der Waals surface area contributed by atoms with Gasteiger partial charge in [-0.15, -0.1) is 0 Å². The van der Waals surface area contributed by atoms with Gasteiger partial charge in [0, 0.05) is 19.3 Å². The lowest BCUT2D eigenvalue weighted by atomic mass is 10.1. The first-order chi connectivity index (χ1) is 15.6. The fourth-order valence-corrected chi connectivity index (χ4v) is 2.87. The smallest absolute Gasteiger partial charge is 0.433 e. The average Bonchev–Trinajstić information content (AvgIpc) is 2.76. The van der Waals surface area contributed by atoms with Gasteiger partial charge >= 0.3 is 6.18 Å². The second kappa shape index (κ2) is 9.55. The minimum Gasteiger partial charge on any atom is -0.504 e. The molecule has 11 heteroatoms. The Labute approximate surface area is 186 Å². The lowest BCUT2D eigenvalue weighted by molar-refractivity contribution is -0.141. The number of aromatic hydroxyl groups is 1. The molecule has 0 bridgehead atoms. The Morgan fingerprint density at radius 2 is 1.88 bits per heavy atom. The van der Waals surface area contributed by atoms with Crippen LogP contribution in [-0.4, -0.2) is 33.9 Å². The highest BCUT2D eigenvalue weighted by Crippen LogP contribution is 2.32. The van der Waals surface area contributed by atoms with Crippen LogP contribution in [0.5, 0.6) is 17.2 Å². The lowest BCUT2D eigenvalue weighted by Gasteiger charge is -2.12. The Bertz CT molecular complexity index is 1200. The molecule has 3 rings (SSSR count). The Kier molecular flexibility index (Phi) is 6.80. The summed E-state index contributed by atoms with van der Waals surface area (Å²) in [7, 11) is 1.49. The fraction of sp³-hybridized carbons (Fsp3) is 0.182. The quantitative estimate of drug-likeness (QED) is 0.515. The summed E-state index contributed by atoms with van der Waals surface area (Å²) >= 11 is 0. The second-order valence-electron chi connectivity index (χ2n) is 6.97. The van der Waals surface area contributed by atoms with Crippen LogP contribution in [0.1, 0.15) is 27.3 Å². The summed E-state index contributed by atoms with van der Waals surface area (Å²) < 4.78 is 44.2. The normalized spacial score (nSPS) is 11.1. The van der Waals surface area contributed by atoms with E-state index in [1.54, 1.807) is 31.2 Å². The number of nitrogens with one attached hydrogen (secondary N) is 2. The molecule has 0 saturated carbocycles. The Morgan fingerprint density at radius 3 is 2.55 bits per heavy atom. The predicted molar refractivity (Wildman–Crippen MR) is 112 cm³/mol. The number of alkyl halides is 3. The average molecular weight is 460 g/mol. The summed E-state index contributed by atoms with van der Waals surface area (Å²) in [5, 5.41) is 14.4. The highest BCUT2D eigenvalue weighted by Gasteiger charge is 2.33. The van der Waals surface area contributed by atoms with Crippen LogP contribution in [0.4, 0.5) is 18.9 Å². The SMILES string of the molecule is CNC(=O)c1cc(Oc2ccc(CC(=O)Nc3cc(C(F)(F)F)ncc3O)cc2C)ccn1. The van der Waals surface area contributed by atoms with E-state index in [2.05, 4.69) is 20.6 Å². The number of nitrogens with zero attached hydrogens (tertiary/aromatic N) is 2. The standard InChI is InChI=1S/C22H19F3N4O4/c1-12-7-13(3-4-18(12)33-14-5-6-27-16(9-14)21(32)26-2)8-20(31)29-15-10-19(22(23,24)25)28-11-17(15)30/h3-7,9-11,30H,8H2,1-2H3,(H,26,32)(H,28,29,31). The molecule has 0 saturated heterocycles. The monoisotopic (exact) mass is 460 g/mol. The van der Waals surface area contributed by atoms with Crippen LogP contribution in [-0.2, 0) is 17.4 Å². The zero-order valence-corrected chi connectivity index (χ0v) is 17.5. The van der Waals surface area contributed by atoms with Gasteiger partial charge in [0.1, 0.15) is 22.9 Å². The van der Waals surface area contributed by atoms with E-state index in [-0.39, 0.29) is 23.7 Å². The van der Waals surface area contributed by atoms with Gasteiger partial charge < -0.3 is 20.5 Å². The lowest BCUT2D eigenvalue weighted by Crippen LogP contribution is -2.18. The first kappa shape index (κ1) is 23.5. The predicted octanol–water partition coefficient (Wildman–Crippen LogP) is 3.84. The number of rotatable bonds is 6. The van der Waals surface area contributed by atoms with Crippen LogP contribution in [0.25, 0.3) is 0 Å². The van der Waals surface area contributed by atoms with E-state index < -0.39 is 23.5 Å². The number of aromatic nitrogens is 2. The van der Waals surface area contributed by atoms with Gasteiger partial charge in [-0.1, -0.05) is 12.1 Å². The summed E-state index contributed by atoms with van der Waals surface area (Å²) in [6.45, 7) is 1.75. The summed E-state index contributed by atoms with van der Waals surface area (Å²) in [4.78, 5) is 31.1. The first-order valence-corrected chi connectivity index (χ1v) is 9.58. The molecular weight excluding hydrogens is 441 g/mol. The van der Waals surface area contributed by atoms with Crippen LogP contribution in [0, 0.1) is 6.92 Å². The first-order valence-electron chi connectivity index (χ1n) is 9.58. The van der Waals surface area contributed by atoms with Gasteiger partial charge in [0.05, 0.1) is 18.3 Å². The number of carbonyl (C=O) groups excluding carboxylic acids is 2. The second-order valence-corrected chi connectivity index (χ2v) is 6.97. The zero-order chi connectivity index (χ0) is 24.2. The van der Waals surface area contributed by atoms with Gasteiger partial charge in [0.15, 0.2) is 5.75 Å². The highest BCUT2D eigenvalue weighted by atomic mass is 19.4. The number of aryl methyl sites for hydroxylation is 1. The van der Waals surface area contributed by atoms with E-state index in [1.165, 1.54) is 19.3 Å². The number of amides is 2. The molecule has 0 aliphatic rings. The molecule has 2 amide bonds. The molecule has 33 heavy (non-hydrogen) atoms. The fourth-order valence-electron chi connectivity index (χ4n) is 2.87. The maximum Gasteiger partial charge on any atom is 0.433 e. The summed E-state index contributed by atoms with van der Waals surface area (Å²) in [6, 6.07) is 8.57. The van der Waals surface area contributed by atoms with Crippen LogP contribution >= 0.6 is 0 Å². The van der Waals surface area contributed by atoms with E-state index in [0.29, 0.717) is 34.9 Å². The number of hydrogen-bond donors (Lipinski definition) is 3. The van der Waals surface area contributed by atoms with Gasteiger partial charge in [-0.05, 0) is 36.2 Å². The number of hydrogen-bond acceptors (Lipinski definition) is 6. The molecule has 2 aromatic heterocycles. The van der Waals surface area contributed by atoms with Crippen LogP contribution < -0.4 is 15.4 Å². The van der Waals surface area contributed by atoms with Crippen molar-refractivity contribution in [2.75, 3.05) is 12.4 Å². The molecule has 1 aromatic carbocycles. The number of pyridine rings is 2. The molecule has 0 aliphatic heterocycles. The number of anilines is 1. The van der Waals surface area contributed by atoms with Crippen molar-refractivity contribution in [1.29, 1.82) is 0 Å². The van der Waals surface area contributed by atoms with E-state index in [4.69, 9.17) is 4.74 Å². The van der Waals surface area contributed by atoms with E-state index in [0.717, 1.165) is 0 Å². The van der Waals surface area contributed by atoms with E-state index in [1.807, 2.05) is 0 Å². The molecule has 0 aliphatic carbocycles. The van der Waals surface area contributed by atoms with Crippen molar-refractivity contribution in [3.8, 4) is 17.2 Å². The minimum atomic E-state index is -4.71.